The van der Waals surface area contributed by atoms with Crippen LogP contribution in [0.25, 0.3) is 0 Å². The molecular weight excluding hydrogens is 311 g/mol. The van der Waals surface area contributed by atoms with Crippen LogP contribution in [0.15, 0.2) is 36.7 Å². The Bertz CT molecular complexity index is 700. The van der Waals surface area contributed by atoms with Crippen molar-refractivity contribution in [2.45, 2.75) is 25.9 Å². The van der Waals surface area contributed by atoms with E-state index in [0.717, 1.165) is 5.56 Å². The summed E-state index contributed by atoms with van der Waals surface area (Å²) in [6, 6.07) is 6.18. The zero-order valence-electron chi connectivity index (χ0n) is 13.4. The van der Waals surface area contributed by atoms with Crippen LogP contribution >= 0.6 is 0 Å². The third-order valence-electron chi connectivity index (χ3n) is 3.87. The minimum atomic E-state index is -0.444. The summed E-state index contributed by atoms with van der Waals surface area (Å²) >= 11 is 0. The molecule has 0 radical (unpaired) electrons. The Morgan fingerprint density at radius 3 is 2.58 bits per heavy atom. The van der Waals surface area contributed by atoms with Gasteiger partial charge in [0.2, 0.25) is 0 Å². The number of halogens is 1. The van der Waals surface area contributed by atoms with E-state index in [9.17, 15) is 9.18 Å². The fourth-order valence-electron chi connectivity index (χ4n) is 2.52. The molecule has 0 bridgehead atoms. The lowest BCUT2D eigenvalue weighted by Crippen LogP contribution is -2.44. The lowest BCUT2D eigenvalue weighted by Gasteiger charge is -2.31. The lowest BCUT2D eigenvalue weighted by atomic mass is 10.1. The molecule has 2 heterocycles. The van der Waals surface area contributed by atoms with Gasteiger partial charge in [-0.1, -0.05) is 12.1 Å². The molecule has 6 nitrogen and oxygen atoms in total. The van der Waals surface area contributed by atoms with Crippen LogP contribution in [0.2, 0.25) is 0 Å². The molecule has 7 heteroatoms. The number of nitrogens with one attached hydrogen (secondary N) is 1. The number of amides is 2. The van der Waals surface area contributed by atoms with Gasteiger partial charge in [-0.25, -0.2) is 19.2 Å². The number of ether oxygens (including phenoxy) is 1. The standard InChI is InChI=1S/C17H19FN4O2/c1-12-10-19-16(20-11-12)24-13-6-8-22(9-7-13)17(23)21-15-5-3-2-4-14(15)18/h2-5,10-11,13H,6-9H2,1H3,(H,21,23). The first-order chi connectivity index (χ1) is 11.6. The summed E-state index contributed by atoms with van der Waals surface area (Å²) in [5.74, 6) is -0.444. The molecule has 0 aliphatic carbocycles. The van der Waals surface area contributed by atoms with Crippen LogP contribution in [0.4, 0.5) is 14.9 Å². The molecule has 1 fully saturated rings. The maximum absolute atomic E-state index is 13.6. The van der Waals surface area contributed by atoms with Crippen LogP contribution in [0.3, 0.4) is 0 Å². The van der Waals surface area contributed by atoms with Crippen LogP contribution < -0.4 is 10.1 Å². The topological polar surface area (TPSA) is 67.3 Å². The zero-order valence-corrected chi connectivity index (χ0v) is 13.4. The summed E-state index contributed by atoms with van der Waals surface area (Å²) in [6.07, 6.45) is 4.76. The van der Waals surface area contributed by atoms with Crippen LogP contribution in [0.1, 0.15) is 18.4 Å². The number of carbonyl (C=O) groups is 1. The van der Waals surface area contributed by atoms with Gasteiger partial charge in [0, 0.05) is 38.3 Å². The number of para-hydroxylation sites is 1. The van der Waals surface area contributed by atoms with Crippen molar-refractivity contribution in [3.8, 4) is 6.01 Å². The number of anilines is 1. The second-order valence-electron chi connectivity index (χ2n) is 5.76. The van der Waals surface area contributed by atoms with E-state index in [1.807, 2.05) is 6.92 Å². The minimum absolute atomic E-state index is 0.0229. The molecule has 1 aliphatic rings. The monoisotopic (exact) mass is 330 g/mol. The van der Waals surface area contributed by atoms with Crippen molar-refractivity contribution < 1.29 is 13.9 Å². The van der Waals surface area contributed by atoms with Crippen molar-refractivity contribution in [1.82, 2.24) is 14.9 Å². The number of nitrogens with zero attached hydrogens (tertiary/aromatic N) is 3. The van der Waals surface area contributed by atoms with Gasteiger partial charge < -0.3 is 15.0 Å². The fraction of sp³-hybridized carbons (Fsp3) is 0.353. The smallest absolute Gasteiger partial charge is 0.321 e. The van der Waals surface area contributed by atoms with Gasteiger partial charge in [-0.05, 0) is 24.6 Å². The van der Waals surface area contributed by atoms with Gasteiger partial charge in [0.25, 0.3) is 0 Å². The molecule has 126 valence electrons. The quantitative estimate of drug-likeness (QED) is 0.939. The number of urea groups is 1. The fourth-order valence-corrected chi connectivity index (χ4v) is 2.52. The van der Waals surface area contributed by atoms with Crippen molar-refractivity contribution >= 4 is 11.7 Å². The van der Waals surface area contributed by atoms with Crippen molar-refractivity contribution in [2.75, 3.05) is 18.4 Å². The van der Waals surface area contributed by atoms with Crippen molar-refractivity contribution in [3.63, 3.8) is 0 Å². The maximum Gasteiger partial charge on any atom is 0.321 e. The molecule has 0 unspecified atom stereocenters. The molecule has 0 spiro atoms. The average Bonchev–Trinajstić information content (AvgIpc) is 2.59. The molecule has 24 heavy (non-hydrogen) atoms. The predicted molar refractivity (Wildman–Crippen MR) is 87.4 cm³/mol. The number of aromatic nitrogens is 2. The largest absolute Gasteiger partial charge is 0.460 e. The Morgan fingerprint density at radius 2 is 1.92 bits per heavy atom. The third kappa shape index (κ3) is 3.98. The molecule has 0 saturated carbocycles. The Balaban J connectivity index is 1.50. The van der Waals surface area contributed by atoms with Gasteiger partial charge in [0.1, 0.15) is 11.9 Å². The summed E-state index contributed by atoms with van der Waals surface area (Å²) in [7, 11) is 0. The van der Waals surface area contributed by atoms with E-state index in [0.29, 0.717) is 31.9 Å². The van der Waals surface area contributed by atoms with Crippen molar-refractivity contribution in [3.05, 3.63) is 48.0 Å². The van der Waals surface area contributed by atoms with E-state index >= 15 is 0 Å². The van der Waals surface area contributed by atoms with E-state index in [1.165, 1.54) is 12.1 Å². The van der Waals surface area contributed by atoms with E-state index in [4.69, 9.17) is 4.74 Å². The maximum atomic E-state index is 13.6. The predicted octanol–water partition coefficient (Wildman–Crippen LogP) is 3.00. The molecule has 1 N–H and O–H groups in total. The summed E-state index contributed by atoms with van der Waals surface area (Å²) in [5, 5.41) is 2.60. The zero-order chi connectivity index (χ0) is 16.9. The molecule has 1 aliphatic heterocycles. The lowest BCUT2D eigenvalue weighted by molar-refractivity contribution is 0.107. The highest BCUT2D eigenvalue weighted by atomic mass is 19.1. The molecular formula is C17H19FN4O2. The number of aryl methyl sites for hydroxylation is 1. The third-order valence-corrected chi connectivity index (χ3v) is 3.87. The van der Waals surface area contributed by atoms with Gasteiger partial charge >= 0.3 is 12.0 Å². The number of hydrogen-bond acceptors (Lipinski definition) is 4. The highest BCUT2D eigenvalue weighted by Gasteiger charge is 2.25. The van der Waals surface area contributed by atoms with Crippen LogP contribution in [0.5, 0.6) is 6.01 Å². The Morgan fingerprint density at radius 1 is 1.25 bits per heavy atom. The molecule has 1 aromatic carbocycles. The molecule has 0 atom stereocenters. The van der Waals surface area contributed by atoms with Crippen LogP contribution in [0, 0.1) is 12.7 Å². The highest BCUT2D eigenvalue weighted by molar-refractivity contribution is 5.89. The summed E-state index contributed by atoms with van der Waals surface area (Å²) in [5.41, 5.74) is 1.16. The van der Waals surface area contributed by atoms with Gasteiger partial charge in [0.15, 0.2) is 0 Å². The van der Waals surface area contributed by atoms with Gasteiger partial charge in [-0.2, -0.15) is 0 Å². The number of likely N-dealkylation sites (tertiary alicyclic amines) is 1. The minimum Gasteiger partial charge on any atom is -0.460 e. The first-order valence-corrected chi connectivity index (χ1v) is 7.87. The molecule has 2 amide bonds. The summed E-state index contributed by atoms with van der Waals surface area (Å²) in [6.45, 7) is 2.99. The number of piperidine rings is 1. The van der Waals surface area contributed by atoms with E-state index in [-0.39, 0.29) is 17.8 Å². The Labute approximate surface area is 139 Å². The summed E-state index contributed by atoms with van der Waals surface area (Å²) in [4.78, 5) is 22.1. The van der Waals surface area contributed by atoms with Gasteiger partial charge in [0.05, 0.1) is 5.69 Å². The van der Waals surface area contributed by atoms with Gasteiger partial charge in [-0.3, -0.25) is 0 Å². The first-order valence-electron chi connectivity index (χ1n) is 7.87. The molecule has 1 aromatic heterocycles. The first kappa shape index (κ1) is 16.2. The molecule has 3 rings (SSSR count). The van der Waals surface area contributed by atoms with Crippen LogP contribution in [-0.2, 0) is 0 Å². The number of rotatable bonds is 3. The Kier molecular flexibility index (Phi) is 4.88. The normalized spacial score (nSPS) is 15.2. The molecule has 2 aromatic rings. The second kappa shape index (κ2) is 7.25. The molecule has 1 saturated heterocycles. The number of hydrogen-bond donors (Lipinski definition) is 1. The van der Waals surface area contributed by atoms with Crippen molar-refractivity contribution in [1.29, 1.82) is 0 Å². The SMILES string of the molecule is Cc1cnc(OC2CCN(C(=O)Nc3ccccc3F)CC2)nc1. The summed E-state index contributed by atoms with van der Waals surface area (Å²) < 4.78 is 19.3. The number of benzene rings is 1. The second-order valence-corrected chi connectivity index (χ2v) is 5.76. The van der Waals surface area contributed by atoms with E-state index < -0.39 is 5.82 Å². The number of carbonyl (C=O) groups excluding carboxylic acids is 1. The Hall–Kier alpha value is -2.70. The van der Waals surface area contributed by atoms with E-state index in [1.54, 1.807) is 29.4 Å². The van der Waals surface area contributed by atoms with Crippen molar-refractivity contribution in [2.24, 2.45) is 0 Å². The highest BCUT2D eigenvalue weighted by Crippen LogP contribution is 2.18. The van der Waals surface area contributed by atoms with Gasteiger partial charge in [-0.15, -0.1) is 0 Å². The van der Waals surface area contributed by atoms with Crippen LogP contribution in [-0.4, -0.2) is 40.1 Å². The average molecular weight is 330 g/mol. The van der Waals surface area contributed by atoms with E-state index in [2.05, 4.69) is 15.3 Å².